The molecule has 0 spiro atoms. The number of aliphatic hydroxyl groups is 1. The molecule has 45 heavy (non-hydrogen) atoms. The maximum absolute atomic E-state index is 12.0. The van der Waals surface area contributed by atoms with E-state index in [0.29, 0.717) is 10.0 Å². The summed E-state index contributed by atoms with van der Waals surface area (Å²) in [5.74, 6) is -0.826. The summed E-state index contributed by atoms with van der Waals surface area (Å²) in [5.41, 5.74) is 9.74. The van der Waals surface area contributed by atoms with Crippen molar-refractivity contribution in [3.8, 4) is 0 Å². The Bertz CT molecular complexity index is 1430. The van der Waals surface area contributed by atoms with E-state index in [9.17, 15) is 9.90 Å². The Kier molecular flexibility index (Phi) is 12.6. The molecule has 0 radical (unpaired) electrons. The summed E-state index contributed by atoms with van der Waals surface area (Å²) in [6.07, 6.45) is 3.06. The van der Waals surface area contributed by atoms with Crippen LogP contribution in [0.25, 0.3) is 5.57 Å². The van der Waals surface area contributed by atoms with Gasteiger partial charge in [-0.25, -0.2) is 0 Å². The van der Waals surface area contributed by atoms with Gasteiger partial charge in [-0.2, -0.15) is 0 Å². The second-order valence-corrected chi connectivity index (χ2v) is 15.5. The van der Waals surface area contributed by atoms with Gasteiger partial charge in [-0.3, -0.25) is 9.69 Å². The summed E-state index contributed by atoms with van der Waals surface area (Å²) in [4.78, 5) is 16.8. The molecule has 0 aliphatic carbocycles. The van der Waals surface area contributed by atoms with Crippen molar-refractivity contribution in [2.45, 2.75) is 99.8 Å². The van der Waals surface area contributed by atoms with E-state index in [0.717, 1.165) is 85.5 Å². The maximum Gasteiger partial charge on any atom is 0.307 e. The molecule has 1 saturated heterocycles. The summed E-state index contributed by atoms with van der Waals surface area (Å²) in [6, 6.07) is 12.5. The van der Waals surface area contributed by atoms with E-state index in [-0.39, 0.29) is 11.8 Å². The lowest BCUT2D eigenvalue weighted by Gasteiger charge is -2.41. The highest BCUT2D eigenvalue weighted by Crippen LogP contribution is 2.40. The first-order valence-electron chi connectivity index (χ1n) is 15.9. The number of carbonyl (C=O) groups is 1. The Morgan fingerprint density at radius 1 is 0.956 bits per heavy atom. The summed E-state index contributed by atoms with van der Waals surface area (Å²) < 4.78 is 0. The molecule has 7 heteroatoms. The number of rotatable bonds is 8. The van der Waals surface area contributed by atoms with Crippen molar-refractivity contribution in [1.82, 2.24) is 9.80 Å². The van der Waals surface area contributed by atoms with Crippen LogP contribution in [0.2, 0.25) is 10.0 Å². The van der Waals surface area contributed by atoms with Crippen LogP contribution in [-0.2, 0) is 24.3 Å². The van der Waals surface area contributed by atoms with Gasteiger partial charge in [0.05, 0.1) is 12.0 Å². The van der Waals surface area contributed by atoms with Gasteiger partial charge in [0.15, 0.2) is 0 Å². The third-order valence-electron chi connectivity index (χ3n) is 8.21. The summed E-state index contributed by atoms with van der Waals surface area (Å²) in [6.45, 7) is 24.7. The van der Waals surface area contributed by atoms with Crippen LogP contribution in [0.4, 0.5) is 0 Å². The molecule has 5 nitrogen and oxygen atoms in total. The molecule has 1 fully saturated rings. The third-order valence-corrected chi connectivity index (χ3v) is 8.65. The number of fused-ring (bicyclic) bond motifs is 1. The highest BCUT2D eigenvalue weighted by molar-refractivity contribution is 6.34. The summed E-state index contributed by atoms with van der Waals surface area (Å²) in [7, 11) is 0. The number of carboxylic acid groups (broad SMARTS) is 1. The first-order valence-corrected chi connectivity index (χ1v) is 16.6. The minimum absolute atomic E-state index is 0.0330. The molecule has 0 amide bonds. The topological polar surface area (TPSA) is 64.0 Å². The van der Waals surface area contributed by atoms with Gasteiger partial charge in [0.1, 0.15) is 0 Å². The molecular formula is C38H52Cl2N2O3. The van der Waals surface area contributed by atoms with Crippen molar-refractivity contribution in [2.24, 2.45) is 5.41 Å². The smallest absolute Gasteiger partial charge is 0.307 e. The molecule has 2 aliphatic rings. The normalized spacial score (nSPS) is 17.0. The van der Waals surface area contributed by atoms with Crippen LogP contribution in [0, 0.1) is 5.41 Å². The van der Waals surface area contributed by atoms with Crippen LogP contribution in [0.1, 0.15) is 96.9 Å². The summed E-state index contributed by atoms with van der Waals surface area (Å²) in [5, 5.41) is 19.7. The second kappa shape index (κ2) is 15.3. The Morgan fingerprint density at radius 3 is 2.04 bits per heavy atom. The van der Waals surface area contributed by atoms with Crippen LogP contribution in [0.3, 0.4) is 0 Å². The van der Waals surface area contributed by atoms with E-state index in [2.05, 4.69) is 62.3 Å². The minimum Gasteiger partial charge on any atom is -0.481 e. The number of likely N-dealkylation sites (tertiary alicyclic amines) is 1. The van der Waals surface area contributed by atoms with E-state index in [1.54, 1.807) is 26.8 Å². The van der Waals surface area contributed by atoms with E-state index < -0.39 is 11.6 Å². The van der Waals surface area contributed by atoms with Gasteiger partial charge in [-0.1, -0.05) is 73.0 Å². The molecule has 0 saturated carbocycles. The van der Waals surface area contributed by atoms with E-state index >= 15 is 0 Å². The number of halogens is 2. The molecule has 2 N–H and O–H groups in total. The van der Waals surface area contributed by atoms with Crippen LogP contribution in [0.5, 0.6) is 0 Å². The van der Waals surface area contributed by atoms with Crippen LogP contribution in [-0.4, -0.2) is 51.2 Å². The molecule has 2 aromatic rings. The molecule has 2 aromatic carbocycles. The number of nitrogens with zero attached hydrogens (tertiary/aromatic N) is 2. The molecular weight excluding hydrogens is 603 g/mol. The number of hydrogen-bond acceptors (Lipinski definition) is 4. The van der Waals surface area contributed by atoms with Gasteiger partial charge in [-0.15, -0.1) is 0 Å². The van der Waals surface area contributed by atoms with Crippen LogP contribution < -0.4 is 0 Å². The van der Waals surface area contributed by atoms with Gasteiger partial charge in [0, 0.05) is 54.0 Å². The lowest BCUT2D eigenvalue weighted by molar-refractivity contribution is -0.136. The van der Waals surface area contributed by atoms with E-state index in [1.165, 1.54) is 16.7 Å². The van der Waals surface area contributed by atoms with Gasteiger partial charge >= 0.3 is 5.97 Å². The van der Waals surface area contributed by atoms with Crippen molar-refractivity contribution in [1.29, 1.82) is 0 Å². The summed E-state index contributed by atoms with van der Waals surface area (Å²) >= 11 is 12.5. The molecule has 0 bridgehead atoms. The average molecular weight is 656 g/mol. The van der Waals surface area contributed by atoms with Gasteiger partial charge in [0.25, 0.3) is 0 Å². The average Bonchev–Trinajstić information content (AvgIpc) is 2.88. The molecule has 246 valence electrons. The molecule has 0 unspecified atom stereocenters. The Hall–Kier alpha value is -2.57. The van der Waals surface area contributed by atoms with Crippen LogP contribution in [0.15, 0.2) is 65.4 Å². The fourth-order valence-corrected chi connectivity index (χ4v) is 6.52. The fourth-order valence-electron chi connectivity index (χ4n) is 5.95. The largest absolute Gasteiger partial charge is 0.481 e. The van der Waals surface area contributed by atoms with Crippen molar-refractivity contribution in [3.63, 3.8) is 0 Å². The first kappa shape index (κ1) is 36.9. The quantitative estimate of drug-likeness (QED) is 0.278. The number of piperidine rings is 1. The van der Waals surface area contributed by atoms with Gasteiger partial charge in [-0.05, 0) is 112 Å². The highest BCUT2D eigenvalue weighted by Gasteiger charge is 2.31. The monoisotopic (exact) mass is 654 g/mol. The second-order valence-electron chi connectivity index (χ2n) is 14.6. The SMILES string of the molecule is C=C(C)/C(CC(=O)O)=C(\C(=C(C)C)c1ccc2c(c1)CCN(Cc1cc(Cl)cc(Cl)c1)C2)N1CCC(C)(C)CC1.CC(C)(C)O. The predicted molar refractivity (Wildman–Crippen MR) is 190 cm³/mol. The Labute approximate surface area is 281 Å². The molecule has 0 atom stereocenters. The lowest BCUT2D eigenvalue weighted by atomic mass is 9.81. The number of allylic oxidation sites excluding steroid dienone is 3. The molecule has 2 aliphatic heterocycles. The lowest BCUT2D eigenvalue weighted by Crippen LogP contribution is -2.38. The zero-order chi connectivity index (χ0) is 33.7. The van der Waals surface area contributed by atoms with Gasteiger partial charge < -0.3 is 15.1 Å². The Morgan fingerprint density at radius 2 is 1.53 bits per heavy atom. The molecule has 4 rings (SSSR count). The van der Waals surface area contributed by atoms with Crippen molar-refractivity contribution >= 4 is 34.7 Å². The molecule has 2 heterocycles. The number of hydrogen-bond donors (Lipinski definition) is 2. The van der Waals surface area contributed by atoms with Crippen LogP contribution >= 0.6 is 23.2 Å². The van der Waals surface area contributed by atoms with E-state index in [4.69, 9.17) is 28.3 Å². The minimum atomic E-state index is -0.826. The molecule has 0 aromatic heterocycles. The van der Waals surface area contributed by atoms with Crippen molar-refractivity contribution in [2.75, 3.05) is 19.6 Å². The fraction of sp³-hybridized carbons (Fsp3) is 0.500. The Balaban J connectivity index is 0.00000102. The third kappa shape index (κ3) is 11.3. The number of aliphatic carboxylic acids is 1. The maximum atomic E-state index is 12.0. The standard InChI is InChI=1S/C34H42Cl2N2O2.C4H10O/c1-22(2)30(19-31(39)40)33(38-13-10-34(5,6)11-14-38)32(23(3)4)26-7-8-27-21-37(12-9-25(27)17-26)20-24-15-28(35)18-29(36)16-24;1-4(2,3)5/h7-8,15-18H,1,9-14,19-21H2,2-6H3,(H,39,40);5H,1-3H3/b33-30+;. The van der Waals surface area contributed by atoms with E-state index in [1.807, 2.05) is 19.1 Å². The first-order chi connectivity index (χ1) is 20.8. The highest BCUT2D eigenvalue weighted by atomic mass is 35.5. The van der Waals surface area contributed by atoms with Gasteiger partial charge in [0.2, 0.25) is 0 Å². The predicted octanol–water partition coefficient (Wildman–Crippen LogP) is 9.55. The zero-order valence-electron chi connectivity index (χ0n) is 28.5. The van der Waals surface area contributed by atoms with Crippen molar-refractivity contribution in [3.05, 3.63) is 97.7 Å². The number of benzene rings is 2. The zero-order valence-corrected chi connectivity index (χ0v) is 30.0. The van der Waals surface area contributed by atoms with Crippen molar-refractivity contribution < 1.29 is 15.0 Å². The number of carboxylic acids is 1.